The SMILES string of the molecule is Cc1ccc(Oc2cc(C)nc(SCc3ccc(C(F)(F)F)cc3)n2)c(C)c1. The third kappa shape index (κ3) is 5.25. The van der Waals surface area contributed by atoms with Crippen molar-refractivity contribution in [2.24, 2.45) is 0 Å². The molecule has 28 heavy (non-hydrogen) atoms. The quantitative estimate of drug-likeness (QED) is 0.359. The van der Waals surface area contributed by atoms with E-state index < -0.39 is 11.7 Å². The molecule has 0 aliphatic heterocycles. The van der Waals surface area contributed by atoms with Gasteiger partial charge >= 0.3 is 6.18 Å². The molecule has 7 heteroatoms. The van der Waals surface area contributed by atoms with E-state index in [0.717, 1.165) is 40.3 Å². The minimum atomic E-state index is -4.33. The van der Waals surface area contributed by atoms with Gasteiger partial charge in [-0.3, -0.25) is 0 Å². The molecule has 0 aliphatic carbocycles. The van der Waals surface area contributed by atoms with E-state index in [9.17, 15) is 13.2 Å². The second kappa shape index (κ2) is 8.22. The highest BCUT2D eigenvalue weighted by Crippen LogP contribution is 2.31. The van der Waals surface area contributed by atoms with Crippen LogP contribution in [0.5, 0.6) is 11.6 Å². The van der Waals surface area contributed by atoms with E-state index in [-0.39, 0.29) is 0 Å². The van der Waals surface area contributed by atoms with Gasteiger partial charge in [0, 0.05) is 17.5 Å². The molecule has 3 aromatic rings. The van der Waals surface area contributed by atoms with Gasteiger partial charge in [-0.25, -0.2) is 4.98 Å². The molecule has 0 amide bonds. The lowest BCUT2D eigenvalue weighted by Gasteiger charge is -2.10. The maximum Gasteiger partial charge on any atom is 0.416 e. The number of hydrogen-bond donors (Lipinski definition) is 0. The van der Waals surface area contributed by atoms with Crippen molar-refractivity contribution in [3.8, 4) is 11.6 Å². The monoisotopic (exact) mass is 404 g/mol. The molecule has 0 spiro atoms. The van der Waals surface area contributed by atoms with Crippen molar-refractivity contribution in [2.75, 3.05) is 0 Å². The molecular formula is C21H19F3N2OS. The van der Waals surface area contributed by atoms with Crippen LogP contribution in [-0.2, 0) is 11.9 Å². The Kier molecular flexibility index (Phi) is 5.93. The first kappa shape index (κ1) is 20.2. The summed E-state index contributed by atoms with van der Waals surface area (Å²) in [6.07, 6.45) is -4.33. The van der Waals surface area contributed by atoms with E-state index in [2.05, 4.69) is 9.97 Å². The largest absolute Gasteiger partial charge is 0.439 e. The lowest BCUT2D eigenvalue weighted by Crippen LogP contribution is -2.04. The summed E-state index contributed by atoms with van der Waals surface area (Å²) in [6.45, 7) is 5.83. The Balaban J connectivity index is 1.71. The minimum absolute atomic E-state index is 0.439. The van der Waals surface area contributed by atoms with Crippen molar-refractivity contribution in [3.63, 3.8) is 0 Å². The molecule has 3 rings (SSSR count). The maximum absolute atomic E-state index is 12.6. The topological polar surface area (TPSA) is 35.0 Å². The number of ether oxygens (including phenoxy) is 1. The third-order valence-corrected chi connectivity index (χ3v) is 4.92. The smallest absolute Gasteiger partial charge is 0.416 e. The van der Waals surface area contributed by atoms with Gasteiger partial charge in [0.15, 0.2) is 5.16 Å². The van der Waals surface area contributed by atoms with Crippen LogP contribution in [0.25, 0.3) is 0 Å². The van der Waals surface area contributed by atoms with Gasteiger partial charge in [0.05, 0.1) is 5.56 Å². The van der Waals surface area contributed by atoms with Crippen molar-refractivity contribution >= 4 is 11.8 Å². The first-order valence-electron chi connectivity index (χ1n) is 8.60. The fourth-order valence-electron chi connectivity index (χ4n) is 2.59. The zero-order chi connectivity index (χ0) is 20.3. The predicted molar refractivity (Wildman–Crippen MR) is 104 cm³/mol. The molecule has 0 bridgehead atoms. The van der Waals surface area contributed by atoms with E-state index in [4.69, 9.17) is 4.74 Å². The van der Waals surface area contributed by atoms with E-state index in [1.165, 1.54) is 23.9 Å². The molecule has 0 atom stereocenters. The molecule has 1 heterocycles. The van der Waals surface area contributed by atoms with Crippen molar-refractivity contribution in [1.82, 2.24) is 9.97 Å². The van der Waals surface area contributed by atoms with Crippen LogP contribution in [0.3, 0.4) is 0 Å². The van der Waals surface area contributed by atoms with E-state index in [1.54, 1.807) is 6.07 Å². The Bertz CT molecular complexity index is 972. The fourth-order valence-corrected chi connectivity index (χ4v) is 3.45. The highest BCUT2D eigenvalue weighted by atomic mass is 32.2. The Morgan fingerprint density at radius 3 is 2.29 bits per heavy atom. The van der Waals surface area contributed by atoms with Crippen LogP contribution in [-0.4, -0.2) is 9.97 Å². The average Bonchev–Trinajstić information content (AvgIpc) is 2.62. The van der Waals surface area contributed by atoms with Gasteiger partial charge in [0.25, 0.3) is 0 Å². The number of thioether (sulfide) groups is 1. The molecule has 3 nitrogen and oxygen atoms in total. The third-order valence-electron chi connectivity index (χ3n) is 4.00. The number of hydrogen-bond acceptors (Lipinski definition) is 4. The lowest BCUT2D eigenvalue weighted by atomic mass is 10.1. The van der Waals surface area contributed by atoms with Gasteiger partial charge in [0.2, 0.25) is 5.88 Å². The second-order valence-electron chi connectivity index (χ2n) is 6.48. The maximum atomic E-state index is 12.6. The summed E-state index contributed by atoms with van der Waals surface area (Å²) >= 11 is 1.35. The number of halogens is 3. The Morgan fingerprint density at radius 2 is 1.64 bits per heavy atom. The summed E-state index contributed by atoms with van der Waals surface area (Å²) in [5.41, 5.74) is 3.02. The van der Waals surface area contributed by atoms with Crippen LogP contribution >= 0.6 is 11.8 Å². The molecule has 0 saturated heterocycles. The van der Waals surface area contributed by atoms with Gasteiger partial charge in [-0.05, 0) is 50.1 Å². The van der Waals surface area contributed by atoms with Crippen LogP contribution in [0.15, 0.2) is 53.7 Å². The van der Waals surface area contributed by atoms with Gasteiger partial charge in [-0.2, -0.15) is 18.2 Å². The van der Waals surface area contributed by atoms with E-state index in [1.807, 2.05) is 39.0 Å². The summed E-state index contributed by atoms with van der Waals surface area (Å²) < 4.78 is 43.8. The van der Waals surface area contributed by atoms with Gasteiger partial charge in [-0.1, -0.05) is 41.6 Å². The standard InChI is InChI=1S/C21H19F3N2OS/c1-13-4-9-18(14(2)10-13)27-19-11-15(3)25-20(26-19)28-12-16-5-7-17(8-6-16)21(22,23)24/h4-11H,12H2,1-3H3. The molecule has 0 saturated carbocycles. The number of aromatic nitrogens is 2. The van der Waals surface area contributed by atoms with Gasteiger partial charge in [0.1, 0.15) is 5.75 Å². The second-order valence-corrected chi connectivity index (χ2v) is 7.43. The van der Waals surface area contributed by atoms with Crippen LogP contribution in [0.2, 0.25) is 0 Å². The highest BCUT2D eigenvalue weighted by molar-refractivity contribution is 7.98. The molecule has 0 fully saturated rings. The number of alkyl halides is 3. The molecule has 146 valence electrons. The summed E-state index contributed by atoms with van der Waals surface area (Å²) in [5.74, 6) is 1.63. The van der Waals surface area contributed by atoms with Crippen molar-refractivity contribution in [3.05, 3.63) is 76.5 Å². The zero-order valence-electron chi connectivity index (χ0n) is 15.7. The van der Waals surface area contributed by atoms with Crippen LogP contribution < -0.4 is 4.74 Å². The van der Waals surface area contributed by atoms with Crippen molar-refractivity contribution < 1.29 is 17.9 Å². The minimum Gasteiger partial charge on any atom is -0.439 e. The molecule has 0 aliphatic rings. The molecule has 1 aromatic heterocycles. The Hall–Kier alpha value is -2.54. The van der Waals surface area contributed by atoms with E-state index in [0.29, 0.717) is 16.8 Å². The zero-order valence-corrected chi connectivity index (χ0v) is 16.5. The predicted octanol–water partition coefficient (Wildman–Crippen LogP) is 6.51. The van der Waals surface area contributed by atoms with Gasteiger partial charge < -0.3 is 4.74 Å². The van der Waals surface area contributed by atoms with E-state index >= 15 is 0 Å². The molecule has 0 unspecified atom stereocenters. The number of nitrogens with zero attached hydrogens (tertiary/aromatic N) is 2. The van der Waals surface area contributed by atoms with Crippen LogP contribution in [0, 0.1) is 20.8 Å². The lowest BCUT2D eigenvalue weighted by molar-refractivity contribution is -0.137. The molecule has 0 N–H and O–H groups in total. The first-order chi connectivity index (χ1) is 13.2. The van der Waals surface area contributed by atoms with Crippen molar-refractivity contribution in [1.29, 1.82) is 0 Å². The highest BCUT2D eigenvalue weighted by Gasteiger charge is 2.29. The normalized spacial score (nSPS) is 11.5. The average molecular weight is 404 g/mol. The van der Waals surface area contributed by atoms with Crippen molar-refractivity contribution in [2.45, 2.75) is 37.9 Å². The summed E-state index contributed by atoms with van der Waals surface area (Å²) in [4.78, 5) is 8.79. The molecular weight excluding hydrogens is 385 g/mol. The van der Waals surface area contributed by atoms with Crippen LogP contribution in [0.1, 0.15) is 27.9 Å². The number of aryl methyl sites for hydroxylation is 3. The molecule has 0 radical (unpaired) electrons. The molecule has 2 aromatic carbocycles. The van der Waals surface area contributed by atoms with Crippen LogP contribution in [0.4, 0.5) is 13.2 Å². The fraction of sp³-hybridized carbons (Fsp3) is 0.238. The first-order valence-corrected chi connectivity index (χ1v) is 9.59. The Labute approximate surface area is 166 Å². The summed E-state index contributed by atoms with van der Waals surface area (Å²) in [7, 11) is 0. The number of benzene rings is 2. The Morgan fingerprint density at radius 1 is 0.929 bits per heavy atom. The summed E-state index contributed by atoms with van der Waals surface area (Å²) in [6, 6.07) is 12.8. The number of rotatable bonds is 5. The summed E-state index contributed by atoms with van der Waals surface area (Å²) in [5, 5.41) is 0.514. The van der Waals surface area contributed by atoms with Gasteiger partial charge in [-0.15, -0.1) is 0 Å².